The highest BCUT2D eigenvalue weighted by Crippen LogP contribution is 2.30. The second kappa shape index (κ2) is 14.1. The number of benzene rings is 4. The molecule has 5 N–H and O–H groups in total. The molecule has 216 valence electrons. The maximum atomic E-state index is 13.2. The summed E-state index contributed by atoms with van der Waals surface area (Å²) in [4.78, 5) is 40.6. The molecule has 0 aliphatic heterocycles. The molecule has 3 amide bonds. The fourth-order valence-corrected chi connectivity index (χ4v) is 5.33. The Morgan fingerprint density at radius 2 is 1.28 bits per heavy atom. The fourth-order valence-electron chi connectivity index (χ4n) is 4.60. The van der Waals surface area contributed by atoms with Gasteiger partial charge >= 0.3 is 0 Å². The molecule has 5 rings (SSSR count). The number of nitrogens with two attached hydrogens (primary N) is 1. The number of nitrogen functional groups attached to an aromatic ring is 1. The van der Waals surface area contributed by atoms with Crippen molar-refractivity contribution in [1.29, 1.82) is 0 Å². The Morgan fingerprint density at radius 3 is 1.84 bits per heavy atom. The van der Waals surface area contributed by atoms with E-state index >= 15 is 0 Å². The zero-order valence-electron chi connectivity index (χ0n) is 23.5. The van der Waals surface area contributed by atoms with E-state index in [-0.39, 0.29) is 24.1 Å². The van der Waals surface area contributed by atoms with E-state index in [4.69, 9.17) is 5.73 Å². The van der Waals surface area contributed by atoms with Gasteiger partial charge in [-0.15, -0.1) is 11.3 Å². The first-order chi connectivity index (χ1) is 21.0. The van der Waals surface area contributed by atoms with Gasteiger partial charge in [-0.3, -0.25) is 14.4 Å². The molecular weight excluding hydrogens is 556 g/mol. The molecule has 8 heteroatoms. The number of rotatable bonds is 11. The topological polar surface area (TPSA) is 113 Å². The van der Waals surface area contributed by atoms with E-state index in [1.807, 2.05) is 90.3 Å². The van der Waals surface area contributed by atoms with Gasteiger partial charge < -0.3 is 21.7 Å². The van der Waals surface area contributed by atoms with Crippen LogP contribution in [0.25, 0.3) is 10.4 Å². The SMILES string of the molecule is Nc1ccc(-c2cccs2)cc1NC(=O)c1ccc(CC(C(=O)NCc2ccccc2)C(=O)NCc2ccccc2)cc1. The molecule has 1 aromatic heterocycles. The summed E-state index contributed by atoms with van der Waals surface area (Å²) in [5, 5.41) is 10.7. The van der Waals surface area contributed by atoms with Crippen LogP contribution in [0.3, 0.4) is 0 Å². The minimum Gasteiger partial charge on any atom is -0.397 e. The first-order valence-corrected chi connectivity index (χ1v) is 14.8. The summed E-state index contributed by atoms with van der Waals surface area (Å²) in [6, 6.07) is 35.5. The zero-order chi connectivity index (χ0) is 30.0. The van der Waals surface area contributed by atoms with E-state index in [1.165, 1.54) is 0 Å². The van der Waals surface area contributed by atoms with Crippen molar-refractivity contribution in [3.8, 4) is 10.4 Å². The van der Waals surface area contributed by atoms with Crippen molar-refractivity contribution < 1.29 is 14.4 Å². The molecule has 0 saturated carbocycles. The zero-order valence-corrected chi connectivity index (χ0v) is 24.3. The van der Waals surface area contributed by atoms with Crippen LogP contribution < -0.4 is 21.7 Å². The van der Waals surface area contributed by atoms with Crippen LogP contribution in [0.15, 0.2) is 121 Å². The number of nitrogens with one attached hydrogen (secondary N) is 3. The van der Waals surface area contributed by atoms with Gasteiger partial charge in [-0.05, 0) is 64.4 Å². The van der Waals surface area contributed by atoms with Crippen LogP contribution >= 0.6 is 11.3 Å². The highest BCUT2D eigenvalue weighted by Gasteiger charge is 2.27. The second-order valence-corrected chi connectivity index (χ2v) is 11.0. The van der Waals surface area contributed by atoms with Crippen LogP contribution in [0.2, 0.25) is 0 Å². The van der Waals surface area contributed by atoms with Gasteiger partial charge in [0, 0.05) is 23.5 Å². The van der Waals surface area contributed by atoms with Crippen molar-refractivity contribution >= 4 is 40.4 Å². The van der Waals surface area contributed by atoms with Crippen molar-refractivity contribution in [3.05, 3.63) is 143 Å². The summed E-state index contributed by atoms with van der Waals surface area (Å²) < 4.78 is 0. The Morgan fingerprint density at radius 1 is 0.674 bits per heavy atom. The smallest absolute Gasteiger partial charge is 0.255 e. The third kappa shape index (κ3) is 7.96. The predicted molar refractivity (Wildman–Crippen MR) is 172 cm³/mol. The normalized spacial score (nSPS) is 10.7. The summed E-state index contributed by atoms with van der Waals surface area (Å²) in [6.45, 7) is 0.635. The van der Waals surface area contributed by atoms with Gasteiger partial charge in [-0.2, -0.15) is 0 Å². The maximum Gasteiger partial charge on any atom is 0.255 e. The molecule has 0 aliphatic rings. The molecule has 4 aromatic carbocycles. The number of carbonyl (C=O) groups is 3. The van der Waals surface area contributed by atoms with Gasteiger partial charge in [0.25, 0.3) is 5.91 Å². The van der Waals surface area contributed by atoms with Gasteiger partial charge in [-0.25, -0.2) is 0 Å². The number of amides is 3. The van der Waals surface area contributed by atoms with Crippen molar-refractivity contribution in [2.45, 2.75) is 19.5 Å². The summed E-state index contributed by atoms with van der Waals surface area (Å²) in [7, 11) is 0. The summed E-state index contributed by atoms with van der Waals surface area (Å²) >= 11 is 1.61. The second-order valence-electron chi connectivity index (χ2n) is 10.1. The third-order valence-electron chi connectivity index (χ3n) is 7.02. The Balaban J connectivity index is 1.26. The lowest BCUT2D eigenvalue weighted by atomic mass is 9.96. The van der Waals surface area contributed by atoms with E-state index in [9.17, 15) is 14.4 Å². The molecule has 0 bridgehead atoms. The molecule has 0 saturated heterocycles. The molecule has 0 spiro atoms. The minimum atomic E-state index is -0.952. The lowest BCUT2D eigenvalue weighted by Gasteiger charge is -2.17. The molecule has 0 radical (unpaired) electrons. The van der Waals surface area contributed by atoms with Crippen LogP contribution in [0.1, 0.15) is 27.0 Å². The molecule has 5 aromatic rings. The Hall–Kier alpha value is -5.21. The summed E-state index contributed by atoms with van der Waals surface area (Å²) in [5.41, 5.74) is 11.2. The Kier molecular flexibility index (Phi) is 9.61. The maximum absolute atomic E-state index is 13.2. The third-order valence-corrected chi connectivity index (χ3v) is 7.93. The van der Waals surface area contributed by atoms with E-state index < -0.39 is 5.92 Å². The van der Waals surface area contributed by atoms with Crippen LogP contribution in [-0.4, -0.2) is 17.7 Å². The van der Waals surface area contributed by atoms with Gasteiger partial charge in [0.2, 0.25) is 11.8 Å². The standard InChI is InChI=1S/C35H32N4O3S/c36-30-18-17-28(32-12-7-19-43-32)21-31(30)39-33(40)27-15-13-24(14-16-27)20-29(34(41)37-22-25-8-3-1-4-9-25)35(42)38-23-26-10-5-2-6-11-26/h1-19,21,29H,20,22-23,36H2,(H,37,41)(H,38,42)(H,39,40). The largest absolute Gasteiger partial charge is 0.397 e. The molecule has 0 unspecified atom stereocenters. The van der Waals surface area contributed by atoms with Gasteiger partial charge in [0.1, 0.15) is 5.92 Å². The fraction of sp³-hybridized carbons (Fsp3) is 0.114. The number of anilines is 2. The minimum absolute atomic E-state index is 0.180. The van der Waals surface area contributed by atoms with Gasteiger partial charge in [-0.1, -0.05) is 84.9 Å². The molecular formula is C35H32N4O3S. The summed E-state index contributed by atoms with van der Waals surface area (Å²) in [5.74, 6) is -1.99. The van der Waals surface area contributed by atoms with E-state index in [2.05, 4.69) is 16.0 Å². The van der Waals surface area contributed by atoms with Crippen LogP contribution in [-0.2, 0) is 29.1 Å². The van der Waals surface area contributed by atoms with Crippen LogP contribution in [0.5, 0.6) is 0 Å². The van der Waals surface area contributed by atoms with E-state index in [1.54, 1.807) is 41.7 Å². The predicted octanol–water partition coefficient (Wildman–Crippen LogP) is 6.04. The van der Waals surface area contributed by atoms with Crippen molar-refractivity contribution in [3.63, 3.8) is 0 Å². The number of hydrogen-bond acceptors (Lipinski definition) is 5. The average Bonchev–Trinajstić information content (AvgIpc) is 3.59. The van der Waals surface area contributed by atoms with Crippen LogP contribution in [0.4, 0.5) is 11.4 Å². The lowest BCUT2D eigenvalue weighted by Crippen LogP contribution is -2.42. The number of thiophene rings is 1. The lowest BCUT2D eigenvalue weighted by molar-refractivity contribution is -0.135. The highest BCUT2D eigenvalue weighted by molar-refractivity contribution is 7.13. The monoisotopic (exact) mass is 588 g/mol. The molecule has 7 nitrogen and oxygen atoms in total. The Labute approximate surface area is 254 Å². The van der Waals surface area contributed by atoms with Gasteiger partial charge in [0.15, 0.2) is 0 Å². The van der Waals surface area contributed by atoms with Crippen LogP contribution in [0, 0.1) is 5.92 Å². The Bertz CT molecular complexity index is 1620. The molecule has 43 heavy (non-hydrogen) atoms. The van der Waals surface area contributed by atoms with Crippen molar-refractivity contribution in [2.24, 2.45) is 5.92 Å². The number of carbonyl (C=O) groups excluding carboxylic acids is 3. The quantitative estimate of drug-likeness (QED) is 0.111. The molecule has 0 atom stereocenters. The first kappa shape index (κ1) is 29.3. The van der Waals surface area contributed by atoms with Crippen molar-refractivity contribution in [1.82, 2.24) is 10.6 Å². The number of hydrogen-bond donors (Lipinski definition) is 4. The van der Waals surface area contributed by atoms with Crippen molar-refractivity contribution in [2.75, 3.05) is 11.1 Å². The first-order valence-electron chi connectivity index (χ1n) is 13.9. The van der Waals surface area contributed by atoms with Gasteiger partial charge in [0.05, 0.1) is 11.4 Å². The summed E-state index contributed by atoms with van der Waals surface area (Å²) in [6.07, 6.45) is 0.180. The van der Waals surface area contributed by atoms with E-state index in [0.717, 1.165) is 27.1 Å². The highest BCUT2D eigenvalue weighted by atomic mass is 32.1. The molecule has 1 heterocycles. The van der Waals surface area contributed by atoms with E-state index in [0.29, 0.717) is 30.0 Å². The molecule has 0 fully saturated rings. The molecule has 0 aliphatic carbocycles. The average molecular weight is 589 g/mol.